The molecule has 130 valence electrons. The van der Waals surface area contributed by atoms with E-state index in [0.29, 0.717) is 0 Å². The second-order valence-electron chi connectivity index (χ2n) is 5.54. The molecule has 2 rings (SSSR count). The maximum Gasteiger partial charge on any atom is 0.365 e. The van der Waals surface area contributed by atoms with Crippen molar-refractivity contribution in [3.8, 4) is 0 Å². The third-order valence-corrected chi connectivity index (χ3v) is 3.10. The zero-order valence-electron chi connectivity index (χ0n) is 12.9. The number of carbonyl (C=O) groups is 3. The summed E-state index contributed by atoms with van der Waals surface area (Å²) in [5, 5.41) is 15.7. The lowest BCUT2D eigenvalue weighted by Crippen LogP contribution is -2.72. The fraction of sp³-hybridized carbons (Fsp3) is 0.429. The molecule has 3 amide bonds. The van der Waals surface area contributed by atoms with Crippen LogP contribution >= 0.6 is 0 Å². The van der Waals surface area contributed by atoms with Crippen molar-refractivity contribution in [3.63, 3.8) is 0 Å². The molecule has 1 aliphatic heterocycles. The van der Waals surface area contributed by atoms with E-state index in [2.05, 4.69) is 0 Å². The molecule has 1 aromatic rings. The number of nitrogens with one attached hydrogen (secondary N) is 2. The van der Waals surface area contributed by atoms with Crippen molar-refractivity contribution in [3.05, 3.63) is 29.4 Å². The molecule has 10 heteroatoms. The maximum atomic E-state index is 15.1. The van der Waals surface area contributed by atoms with Gasteiger partial charge in [0.05, 0.1) is 12.9 Å². The molecule has 0 spiro atoms. The van der Waals surface area contributed by atoms with Crippen LogP contribution in [-0.4, -0.2) is 47.3 Å². The average Bonchev–Trinajstić information content (AvgIpc) is 3.01. The Morgan fingerprint density at radius 2 is 2.29 bits per heavy atom. The van der Waals surface area contributed by atoms with Gasteiger partial charge in [0.2, 0.25) is 6.21 Å². The van der Waals surface area contributed by atoms with Gasteiger partial charge in [-0.2, -0.15) is 4.74 Å². The molecule has 2 atom stereocenters. The Kier molecular flexibility index (Phi) is 4.86. The lowest BCUT2D eigenvalue weighted by Gasteiger charge is -2.32. The Morgan fingerprint density at radius 1 is 1.58 bits per heavy atom. The highest BCUT2D eigenvalue weighted by molar-refractivity contribution is 6.14. The number of imide groups is 1. The second kappa shape index (κ2) is 6.69. The summed E-state index contributed by atoms with van der Waals surface area (Å²) in [6.07, 6.45) is -0.0672. The van der Waals surface area contributed by atoms with Gasteiger partial charge >= 0.3 is 17.7 Å². The van der Waals surface area contributed by atoms with E-state index in [4.69, 9.17) is 9.15 Å². The minimum atomic E-state index is -3.41. The summed E-state index contributed by atoms with van der Waals surface area (Å²) >= 11 is 0. The van der Waals surface area contributed by atoms with E-state index >= 15 is 4.39 Å². The zero-order valence-corrected chi connectivity index (χ0v) is 12.9. The number of furan rings is 1. The monoisotopic (exact) mass is 341 g/mol. The minimum absolute atomic E-state index is 0.0446. The molecule has 0 saturated carbocycles. The van der Waals surface area contributed by atoms with Crippen molar-refractivity contribution in [1.29, 1.82) is 0 Å². The Labute approximate surface area is 136 Å². The summed E-state index contributed by atoms with van der Waals surface area (Å²) in [5.74, 6) is -3.20. The molecule has 0 bridgehead atoms. The maximum absolute atomic E-state index is 15.1. The Balaban J connectivity index is 2.34. The summed E-state index contributed by atoms with van der Waals surface area (Å²) in [6.45, 7) is 3.27. The van der Waals surface area contributed by atoms with E-state index in [9.17, 15) is 19.6 Å². The van der Waals surface area contributed by atoms with Gasteiger partial charge in [-0.15, -0.1) is 0 Å². The number of rotatable bonds is 5. The van der Waals surface area contributed by atoms with Crippen LogP contribution in [0.4, 0.5) is 9.18 Å². The standard InChI is InChI=1S/C14H16FN3O6/c1-8(2)7-24-12(20)14(15)10(16-13(21)17-11(14)19)18(22)6-9-4-3-5-23-9/h3-6,8,10H,7H2,1-2H3,(H2,16,17,19,21)/b18-6+. The first-order valence-electron chi connectivity index (χ1n) is 7.07. The first-order valence-corrected chi connectivity index (χ1v) is 7.07. The molecule has 2 unspecified atom stereocenters. The van der Waals surface area contributed by atoms with Gasteiger partial charge < -0.3 is 14.4 Å². The Morgan fingerprint density at radius 3 is 2.88 bits per heavy atom. The number of alkyl halides is 1. The van der Waals surface area contributed by atoms with E-state index in [1.54, 1.807) is 19.2 Å². The molecule has 1 aliphatic rings. The minimum Gasteiger partial charge on any atom is -0.622 e. The van der Waals surface area contributed by atoms with Gasteiger partial charge in [0.25, 0.3) is 12.1 Å². The number of carbonyl (C=O) groups excluding carboxylic acids is 3. The summed E-state index contributed by atoms with van der Waals surface area (Å²) in [5.41, 5.74) is -3.41. The number of amides is 3. The lowest BCUT2D eigenvalue weighted by atomic mass is 9.99. The van der Waals surface area contributed by atoms with Crippen molar-refractivity contribution >= 4 is 24.1 Å². The van der Waals surface area contributed by atoms with Crippen LogP contribution in [0.25, 0.3) is 0 Å². The highest BCUT2D eigenvalue weighted by Crippen LogP contribution is 2.23. The van der Waals surface area contributed by atoms with Crippen molar-refractivity contribution in [2.24, 2.45) is 5.92 Å². The topological polar surface area (TPSA) is 124 Å². The number of hydroxylamine groups is 1. The lowest BCUT2D eigenvalue weighted by molar-refractivity contribution is -0.515. The van der Waals surface area contributed by atoms with Crippen molar-refractivity contribution in [2.45, 2.75) is 25.7 Å². The van der Waals surface area contributed by atoms with Gasteiger partial charge in [-0.25, -0.2) is 14.0 Å². The predicted octanol–water partition coefficient (Wildman–Crippen LogP) is 0.282. The molecule has 1 saturated heterocycles. The highest BCUT2D eigenvalue weighted by atomic mass is 19.1. The number of halogens is 1. The van der Waals surface area contributed by atoms with Gasteiger partial charge in [-0.05, 0) is 18.1 Å². The average molecular weight is 341 g/mol. The third-order valence-electron chi connectivity index (χ3n) is 3.10. The molecular formula is C14H16FN3O6. The smallest absolute Gasteiger partial charge is 0.365 e. The van der Waals surface area contributed by atoms with Crippen LogP contribution in [0, 0.1) is 11.1 Å². The van der Waals surface area contributed by atoms with Gasteiger partial charge in [-0.1, -0.05) is 13.8 Å². The SMILES string of the molecule is CC(C)COC(=O)C1(F)C(=O)NC(=O)NC1/[N+]([O-])=C\c1ccco1. The normalized spacial score (nSPS) is 24.5. The highest BCUT2D eigenvalue weighted by Gasteiger charge is 2.64. The summed E-state index contributed by atoms with van der Waals surface area (Å²) in [7, 11) is 0. The van der Waals surface area contributed by atoms with Crippen molar-refractivity contribution in [2.75, 3.05) is 6.61 Å². The van der Waals surface area contributed by atoms with E-state index in [1.807, 2.05) is 5.32 Å². The summed E-state index contributed by atoms with van der Waals surface area (Å²) in [6, 6.07) is 1.77. The molecule has 0 aliphatic carbocycles. The van der Waals surface area contributed by atoms with Crippen molar-refractivity contribution < 1.29 is 32.7 Å². The quantitative estimate of drug-likeness (QED) is 0.198. The molecular weight excluding hydrogens is 325 g/mol. The van der Waals surface area contributed by atoms with Gasteiger partial charge in [0.1, 0.15) is 0 Å². The van der Waals surface area contributed by atoms with E-state index < -0.39 is 29.7 Å². The number of ether oxygens (including phenoxy) is 1. The Hall–Kier alpha value is -2.91. The molecule has 0 radical (unpaired) electrons. The zero-order chi connectivity index (χ0) is 17.9. The number of hydrogen-bond donors (Lipinski definition) is 2. The van der Waals surface area contributed by atoms with Crippen LogP contribution in [0.2, 0.25) is 0 Å². The van der Waals surface area contributed by atoms with Crippen LogP contribution < -0.4 is 10.6 Å². The van der Waals surface area contributed by atoms with E-state index in [-0.39, 0.29) is 23.0 Å². The largest absolute Gasteiger partial charge is 0.622 e. The molecule has 0 aromatic carbocycles. The van der Waals surface area contributed by atoms with Crippen LogP contribution in [0.5, 0.6) is 0 Å². The molecule has 1 fully saturated rings. The first-order chi connectivity index (χ1) is 11.2. The van der Waals surface area contributed by atoms with E-state index in [0.717, 1.165) is 6.21 Å². The molecule has 1 aromatic heterocycles. The van der Waals surface area contributed by atoms with Gasteiger partial charge in [-0.3, -0.25) is 15.4 Å². The van der Waals surface area contributed by atoms with E-state index in [1.165, 1.54) is 18.4 Å². The fourth-order valence-electron chi connectivity index (χ4n) is 1.93. The predicted molar refractivity (Wildman–Crippen MR) is 77.6 cm³/mol. The first kappa shape index (κ1) is 17.4. The molecule has 9 nitrogen and oxygen atoms in total. The van der Waals surface area contributed by atoms with Crippen LogP contribution in [0.3, 0.4) is 0 Å². The second-order valence-corrected chi connectivity index (χ2v) is 5.54. The Bertz CT molecular complexity index is 672. The van der Waals surface area contributed by atoms with Crippen molar-refractivity contribution in [1.82, 2.24) is 10.6 Å². The molecule has 2 N–H and O–H groups in total. The number of esters is 1. The van der Waals surface area contributed by atoms with Gasteiger partial charge in [0.15, 0.2) is 5.76 Å². The van der Waals surface area contributed by atoms with Crippen LogP contribution in [0.1, 0.15) is 19.6 Å². The summed E-state index contributed by atoms with van der Waals surface area (Å²) in [4.78, 5) is 35.3. The number of nitrogens with zero attached hydrogens (tertiary/aromatic N) is 1. The number of urea groups is 1. The molecule has 24 heavy (non-hydrogen) atoms. The summed E-state index contributed by atoms with van der Waals surface area (Å²) < 4.78 is 24.7. The van der Waals surface area contributed by atoms with Crippen LogP contribution in [-0.2, 0) is 14.3 Å². The number of hydrogen-bond acceptors (Lipinski definition) is 6. The third kappa shape index (κ3) is 3.36. The van der Waals surface area contributed by atoms with Crippen LogP contribution in [0.15, 0.2) is 22.8 Å². The van der Waals surface area contributed by atoms with Gasteiger partial charge in [0, 0.05) is 0 Å². The fourth-order valence-corrected chi connectivity index (χ4v) is 1.93. The molecule has 2 heterocycles.